The zero-order chi connectivity index (χ0) is 19.1. The molecule has 0 saturated carbocycles. The Labute approximate surface area is 152 Å². The molecule has 5 nitrogen and oxygen atoms in total. The molecule has 1 amide bonds. The first-order valence-corrected chi connectivity index (χ1v) is 8.24. The van der Waals surface area contributed by atoms with Gasteiger partial charge >= 0.3 is 5.97 Å². The van der Waals surface area contributed by atoms with E-state index in [1.165, 1.54) is 26.2 Å². The summed E-state index contributed by atoms with van der Waals surface area (Å²) in [6.07, 6.45) is -0.917. The van der Waals surface area contributed by atoms with E-state index in [-0.39, 0.29) is 18.8 Å². The summed E-state index contributed by atoms with van der Waals surface area (Å²) in [6.45, 7) is 3.65. The molecular formula is C20H22FNO4. The summed E-state index contributed by atoms with van der Waals surface area (Å²) >= 11 is 0. The van der Waals surface area contributed by atoms with Crippen molar-refractivity contribution in [2.24, 2.45) is 0 Å². The van der Waals surface area contributed by atoms with Crippen molar-refractivity contribution >= 4 is 11.9 Å². The summed E-state index contributed by atoms with van der Waals surface area (Å²) in [6, 6.07) is 11.3. The number of aryl methyl sites for hydroxylation is 1. The predicted molar refractivity (Wildman–Crippen MR) is 95.2 cm³/mol. The molecule has 0 fully saturated rings. The minimum absolute atomic E-state index is 0.0143. The molecule has 2 aromatic rings. The van der Waals surface area contributed by atoms with Gasteiger partial charge in [-0.05, 0) is 37.6 Å². The van der Waals surface area contributed by atoms with Gasteiger partial charge in [0.2, 0.25) is 0 Å². The number of methoxy groups -OCH3 is 1. The van der Waals surface area contributed by atoms with Gasteiger partial charge in [-0.2, -0.15) is 0 Å². The number of amides is 1. The maximum absolute atomic E-state index is 12.9. The molecule has 0 heterocycles. The van der Waals surface area contributed by atoms with Crippen molar-refractivity contribution in [3.05, 3.63) is 65.0 Å². The Morgan fingerprint density at radius 3 is 2.50 bits per heavy atom. The monoisotopic (exact) mass is 359 g/mol. The van der Waals surface area contributed by atoms with Crippen LogP contribution in [0.2, 0.25) is 0 Å². The van der Waals surface area contributed by atoms with E-state index >= 15 is 0 Å². The van der Waals surface area contributed by atoms with E-state index in [9.17, 15) is 14.0 Å². The fourth-order valence-corrected chi connectivity index (χ4v) is 2.43. The van der Waals surface area contributed by atoms with Gasteiger partial charge in [0.1, 0.15) is 11.6 Å². The highest BCUT2D eigenvalue weighted by Gasteiger charge is 2.19. The molecule has 0 aliphatic heterocycles. The molecule has 2 aromatic carbocycles. The number of carbonyl (C=O) groups excluding carboxylic acids is 2. The number of halogens is 1. The van der Waals surface area contributed by atoms with Gasteiger partial charge in [-0.1, -0.05) is 29.8 Å². The maximum atomic E-state index is 12.9. The highest BCUT2D eigenvalue weighted by molar-refractivity contribution is 5.84. The third kappa shape index (κ3) is 5.58. The van der Waals surface area contributed by atoms with E-state index in [0.29, 0.717) is 11.3 Å². The molecule has 138 valence electrons. The van der Waals surface area contributed by atoms with E-state index in [4.69, 9.17) is 9.47 Å². The van der Waals surface area contributed by atoms with Crippen LogP contribution < -0.4 is 10.1 Å². The molecule has 1 N–H and O–H groups in total. The van der Waals surface area contributed by atoms with Gasteiger partial charge in [-0.3, -0.25) is 9.59 Å². The van der Waals surface area contributed by atoms with Crippen LogP contribution >= 0.6 is 0 Å². The van der Waals surface area contributed by atoms with Crippen LogP contribution in [0.3, 0.4) is 0 Å². The van der Waals surface area contributed by atoms with Gasteiger partial charge in [-0.15, -0.1) is 0 Å². The highest BCUT2D eigenvalue weighted by atomic mass is 19.1. The second-order valence-corrected chi connectivity index (χ2v) is 5.97. The predicted octanol–water partition coefficient (Wildman–Crippen LogP) is 2.93. The minimum atomic E-state index is -0.932. The normalized spacial score (nSPS) is 11.5. The van der Waals surface area contributed by atoms with Gasteiger partial charge in [0.25, 0.3) is 5.91 Å². The molecule has 0 bridgehead atoms. The van der Waals surface area contributed by atoms with Crippen molar-refractivity contribution in [1.82, 2.24) is 5.32 Å². The Kier molecular flexibility index (Phi) is 6.72. The summed E-state index contributed by atoms with van der Waals surface area (Å²) in [5.41, 5.74) is 2.46. The number of nitrogens with one attached hydrogen (secondary N) is 1. The fourth-order valence-electron chi connectivity index (χ4n) is 2.43. The second kappa shape index (κ2) is 8.99. The number of benzene rings is 2. The number of rotatable bonds is 7. The lowest BCUT2D eigenvalue weighted by Crippen LogP contribution is -2.35. The summed E-state index contributed by atoms with van der Waals surface area (Å²) in [5.74, 6) is -0.674. The van der Waals surface area contributed by atoms with Gasteiger partial charge in [-0.25, -0.2) is 4.39 Å². The smallest absolute Gasteiger partial charge is 0.311 e. The van der Waals surface area contributed by atoms with Crippen LogP contribution in [0.25, 0.3) is 0 Å². The van der Waals surface area contributed by atoms with Gasteiger partial charge in [0.15, 0.2) is 6.10 Å². The van der Waals surface area contributed by atoms with Crippen LogP contribution in [0.15, 0.2) is 42.5 Å². The number of esters is 1. The van der Waals surface area contributed by atoms with Crippen LogP contribution in [-0.4, -0.2) is 25.1 Å². The third-order valence-electron chi connectivity index (χ3n) is 3.83. The Morgan fingerprint density at radius 1 is 1.15 bits per heavy atom. The van der Waals surface area contributed by atoms with Crippen LogP contribution in [0, 0.1) is 12.7 Å². The molecule has 0 spiro atoms. The van der Waals surface area contributed by atoms with Crippen LogP contribution in [-0.2, 0) is 27.3 Å². The molecule has 0 radical (unpaired) electrons. The molecule has 0 aromatic heterocycles. The Morgan fingerprint density at radius 2 is 1.85 bits per heavy atom. The first kappa shape index (κ1) is 19.4. The molecule has 26 heavy (non-hydrogen) atoms. The number of hydrogen-bond acceptors (Lipinski definition) is 4. The lowest BCUT2D eigenvalue weighted by atomic mass is 10.1. The fraction of sp³-hybridized carbons (Fsp3) is 0.300. The molecule has 1 atom stereocenters. The van der Waals surface area contributed by atoms with Crippen molar-refractivity contribution in [2.45, 2.75) is 32.9 Å². The molecule has 0 saturated heterocycles. The van der Waals surface area contributed by atoms with E-state index in [2.05, 4.69) is 5.32 Å². The van der Waals surface area contributed by atoms with Crippen LogP contribution in [0.5, 0.6) is 5.75 Å². The zero-order valence-electron chi connectivity index (χ0n) is 15.0. The van der Waals surface area contributed by atoms with Gasteiger partial charge < -0.3 is 14.8 Å². The third-order valence-corrected chi connectivity index (χ3v) is 3.83. The standard InChI is InChI=1S/C20H22FNO4/c1-13-4-9-18(25-3)16(10-13)11-19(23)26-14(2)20(24)22-12-15-5-7-17(21)8-6-15/h4-10,14H,11-12H2,1-3H3,(H,22,24)/t14-/m1/s1. The highest BCUT2D eigenvalue weighted by Crippen LogP contribution is 2.20. The second-order valence-electron chi connectivity index (χ2n) is 5.97. The number of carbonyl (C=O) groups is 2. The topological polar surface area (TPSA) is 64.6 Å². The summed E-state index contributed by atoms with van der Waals surface area (Å²) in [7, 11) is 1.53. The molecule has 0 unspecified atom stereocenters. The molecule has 0 aliphatic carbocycles. The van der Waals surface area contributed by atoms with Crippen molar-refractivity contribution in [1.29, 1.82) is 0 Å². The number of hydrogen-bond donors (Lipinski definition) is 1. The molecule has 6 heteroatoms. The van der Waals surface area contributed by atoms with Gasteiger partial charge in [0.05, 0.1) is 13.5 Å². The van der Waals surface area contributed by atoms with Crippen LogP contribution in [0.4, 0.5) is 4.39 Å². The zero-order valence-corrected chi connectivity index (χ0v) is 15.0. The van der Waals surface area contributed by atoms with Crippen molar-refractivity contribution in [3.8, 4) is 5.75 Å². The summed E-state index contributed by atoms with van der Waals surface area (Å²) in [4.78, 5) is 24.2. The van der Waals surface area contributed by atoms with Crippen molar-refractivity contribution < 1.29 is 23.5 Å². The van der Waals surface area contributed by atoms with E-state index in [1.54, 1.807) is 18.2 Å². The average Bonchev–Trinajstić information content (AvgIpc) is 2.61. The summed E-state index contributed by atoms with van der Waals surface area (Å²) in [5, 5.41) is 2.66. The molecule has 0 aliphatic rings. The van der Waals surface area contributed by atoms with E-state index in [1.807, 2.05) is 19.1 Å². The largest absolute Gasteiger partial charge is 0.496 e. The molecule has 2 rings (SSSR count). The lowest BCUT2D eigenvalue weighted by molar-refractivity contribution is -0.154. The number of ether oxygens (including phenoxy) is 2. The van der Waals surface area contributed by atoms with E-state index < -0.39 is 18.0 Å². The Balaban J connectivity index is 1.87. The first-order chi connectivity index (χ1) is 12.4. The summed E-state index contributed by atoms with van der Waals surface area (Å²) < 4.78 is 23.3. The minimum Gasteiger partial charge on any atom is -0.496 e. The Hall–Kier alpha value is -2.89. The van der Waals surface area contributed by atoms with Crippen molar-refractivity contribution in [3.63, 3.8) is 0 Å². The SMILES string of the molecule is COc1ccc(C)cc1CC(=O)O[C@H](C)C(=O)NCc1ccc(F)cc1. The maximum Gasteiger partial charge on any atom is 0.311 e. The Bertz CT molecular complexity index is 774. The van der Waals surface area contributed by atoms with Gasteiger partial charge in [0, 0.05) is 12.1 Å². The lowest BCUT2D eigenvalue weighted by Gasteiger charge is -2.14. The van der Waals surface area contributed by atoms with Crippen molar-refractivity contribution in [2.75, 3.05) is 7.11 Å². The molecular weight excluding hydrogens is 337 g/mol. The van der Waals surface area contributed by atoms with E-state index in [0.717, 1.165) is 11.1 Å². The first-order valence-electron chi connectivity index (χ1n) is 8.24. The average molecular weight is 359 g/mol. The van der Waals surface area contributed by atoms with Crippen LogP contribution in [0.1, 0.15) is 23.6 Å². The quantitative estimate of drug-likeness (QED) is 0.772.